The molecular weight excluding hydrogens is 328 g/mol. The highest BCUT2D eigenvalue weighted by atomic mass is 16.7. The van der Waals surface area contributed by atoms with Crippen molar-refractivity contribution < 1.29 is 28.5 Å². The van der Waals surface area contributed by atoms with Gasteiger partial charge in [-0.2, -0.15) is 0 Å². The maximum atomic E-state index is 12.5. The molecule has 0 bridgehead atoms. The molecule has 0 aromatic heterocycles. The summed E-state index contributed by atoms with van der Waals surface area (Å²) in [4.78, 5) is 23.8. The molecule has 2 atom stereocenters. The first-order valence-corrected chi connectivity index (χ1v) is 7.91. The van der Waals surface area contributed by atoms with Crippen molar-refractivity contribution in [3.05, 3.63) is 24.3 Å². The van der Waals surface area contributed by atoms with E-state index in [2.05, 4.69) is 15.4 Å². The van der Waals surface area contributed by atoms with Crippen molar-refractivity contribution in [2.75, 3.05) is 32.7 Å². The van der Waals surface area contributed by atoms with Crippen molar-refractivity contribution in [2.45, 2.75) is 31.8 Å². The topological polar surface area (TPSA) is 95.1 Å². The van der Waals surface area contributed by atoms with Crippen LogP contribution in [0.25, 0.3) is 0 Å². The van der Waals surface area contributed by atoms with Crippen molar-refractivity contribution in [1.82, 2.24) is 5.32 Å². The van der Waals surface area contributed by atoms with Gasteiger partial charge in [0.05, 0.1) is 20.8 Å². The van der Waals surface area contributed by atoms with Crippen LogP contribution in [-0.2, 0) is 23.8 Å². The van der Waals surface area contributed by atoms with Crippen LogP contribution in [0.5, 0.6) is 5.75 Å². The normalized spacial score (nSPS) is 19.8. The van der Waals surface area contributed by atoms with Crippen LogP contribution in [0.3, 0.4) is 0 Å². The third kappa shape index (κ3) is 5.33. The Kier molecular flexibility index (Phi) is 6.22. The second-order valence-electron chi connectivity index (χ2n) is 6.01. The van der Waals surface area contributed by atoms with E-state index < -0.39 is 23.9 Å². The lowest BCUT2D eigenvalue weighted by Gasteiger charge is -2.25. The van der Waals surface area contributed by atoms with Crippen molar-refractivity contribution in [1.29, 1.82) is 0 Å². The lowest BCUT2D eigenvalue weighted by molar-refractivity contribution is -0.146. The minimum atomic E-state index is -0.771. The molecule has 1 aromatic carbocycles. The fourth-order valence-corrected chi connectivity index (χ4v) is 2.42. The fourth-order valence-electron chi connectivity index (χ4n) is 2.42. The molecule has 0 unspecified atom stereocenters. The average Bonchev–Trinajstić information content (AvgIpc) is 2.97. The Bertz CT molecular complexity index is 602. The van der Waals surface area contributed by atoms with Gasteiger partial charge in [0.15, 0.2) is 5.79 Å². The van der Waals surface area contributed by atoms with Crippen LogP contribution in [0.2, 0.25) is 0 Å². The van der Waals surface area contributed by atoms with Crippen molar-refractivity contribution in [3.8, 4) is 5.75 Å². The number of amides is 1. The summed E-state index contributed by atoms with van der Waals surface area (Å²) in [6.45, 7) is 3.60. The monoisotopic (exact) mass is 352 g/mol. The lowest BCUT2D eigenvalue weighted by Crippen LogP contribution is -2.49. The Balaban J connectivity index is 2.10. The molecule has 1 heterocycles. The predicted octanol–water partition coefficient (Wildman–Crippen LogP) is 0.916. The van der Waals surface area contributed by atoms with Crippen LogP contribution in [0.1, 0.15) is 13.8 Å². The molecule has 2 rings (SSSR count). The van der Waals surface area contributed by atoms with Crippen LogP contribution < -0.4 is 15.4 Å². The predicted molar refractivity (Wildman–Crippen MR) is 90.3 cm³/mol. The molecule has 1 fully saturated rings. The van der Waals surface area contributed by atoms with Gasteiger partial charge in [0, 0.05) is 5.69 Å². The Labute approximate surface area is 146 Å². The van der Waals surface area contributed by atoms with Gasteiger partial charge in [0.25, 0.3) is 0 Å². The van der Waals surface area contributed by atoms with E-state index >= 15 is 0 Å². The van der Waals surface area contributed by atoms with E-state index in [0.717, 1.165) is 0 Å². The van der Waals surface area contributed by atoms with E-state index in [0.29, 0.717) is 11.4 Å². The third-order valence-electron chi connectivity index (χ3n) is 3.73. The number of nitrogens with one attached hydrogen (secondary N) is 2. The highest BCUT2D eigenvalue weighted by Crippen LogP contribution is 2.26. The zero-order valence-corrected chi connectivity index (χ0v) is 14.8. The van der Waals surface area contributed by atoms with Crippen molar-refractivity contribution >= 4 is 17.6 Å². The fraction of sp³-hybridized carbons (Fsp3) is 0.529. The summed E-state index contributed by atoms with van der Waals surface area (Å²) in [6, 6.07) is 6.41. The molecule has 1 aromatic rings. The number of carbonyl (C=O) groups excluding carboxylic acids is 2. The summed E-state index contributed by atoms with van der Waals surface area (Å²) in [7, 11) is 2.84. The quantitative estimate of drug-likeness (QED) is 0.705. The van der Waals surface area contributed by atoms with E-state index in [-0.39, 0.29) is 19.1 Å². The molecule has 2 N–H and O–H groups in total. The highest BCUT2D eigenvalue weighted by Gasteiger charge is 2.40. The van der Waals surface area contributed by atoms with Gasteiger partial charge in [-0.15, -0.1) is 0 Å². The zero-order chi connectivity index (χ0) is 18.4. The van der Waals surface area contributed by atoms with Gasteiger partial charge in [-0.05, 0) is 38.1 Å². The van der Waals surface area contributed by atoms with Gasteiger partial charge in [-0.25, -0.2) is 0 Å². The molecule has 0 saturated carbocycles. The van der Waals surface area contributed by atoms with E-state index in [1.807, 2.05) is 0 Å². The number of benzene rings is 1. The van der Waals surface area contributed by atoms with Crippen LogP contribution in [-0.4, -0.2) is 57.2 Å². The number of methoxy groups -OCH3 is 2. The Morgan fingerprint density at radius 2 is 1.96 bits per heavy atom. The molecular formula is C17H24N2O6. The summed E-state index contributed by atoms with van der Waals surface area (Å²) < 4.78 is 21.0. The second-order valence-corrected chi connectivity index (χ2v) is 6.01. The maximum absolute atomic E-state index is 12.5. The summed E-state index contributed by atoms with van der Waals surface area (Å²) in [5, 5.41) is 5.67. The molecule has 1 aliphatic heterocycles. The summed E-state index contributed by atoms with van der Waals surface area (Å²) in [5.41, 5.74) is 0.715. The van der Waals surface area contributed by atoms with Gasteiger partial charge in [0.1, 0.15) is 24.4 Å². The summed E-state index contributed by atoms with van der Waals surface area (Å²) in [5.74, 6) is -0.973. The summed E-state index contributed by atoms with van der Waals surface area (Å²) >= 11 is 0. The number of carbonyl (C=O) groups is 2. The first-order valence-electron chi connectivity index (χ1n) is 7.91. The molecule has 8 nitrogen and oxygen atoms in total. The molecule has 138 valence electrons. The zero-order valence-electron chi connectivity index (χ0n) is 14.8. The first-order chi connectivity index (χ1) is 11.8. The van der Waals surface area contributed by atoms with E-state index in [1.165, 1.54) is 7.11 Å². The maximum Gasteiger partial charge on any atom is 0.325 e. The van der Waals surface area contributed by atoms with E-state index in [9.17, 15) is 9.59 Å². The van der Waals surface area contributed by atoms with Crippen molar-refractivity contribution in [3.63, 3.8) is 0 Å². The molecule has 0 spiro atoms. The van der Waals surface area contributed by atoms with Gasteiger partial charge >= 0.3 is 5.97 Å². The van der Waals surface area contributed by atoms with Crippen LogP contribution >= 0.6 is 0 Å². The number of esters is 1. The largest absolute Gasteiger partial charge is 0.497 e. The van der Waals surface area contributed by atoms with Crippen LogP contribution in [0.15, 0.2) is 24.3 Å². The minimum Gasteiger partial charge on any atom is -0.497 e. The average molecular weight is 352 g/mol. The minimum absolute atomic E-state index is 0.215. The number of rotatable bonds is 7. The number of ether oxygens (including phenoxy) is 4. The Hall–Kier alpha value is -2.32. The van der Waals surface area contributed by atoms with Gasteiger partial charge in [-0.3, -0.25) is 9.59 Å². The van der Waals surface area contributed by atoms with Gasteiger partial charge < -0.3 is 29.6 Å². The van der Waals surface area contributed by atoms with Crippen LogP contribution in [0, 0.1) is 0 Å². The molecule has 1 amide bonds. The Morgan fingerprint density at radius 1 is 1.28 bits per heavy atom. The molecule has 0 radical (unpaired) electrons. The van der Waals surface area contributed by atoms with Gasteiger partial charge in [-0.1, -0.05) is 0 Å². The summed E-state index contributed by atoms with van der Waals surface area (Å²) in [6.07, 6.45) is -0.505. The standard InChI is InChI=1S/C17H24N2O6/c1-17(2)24-10-13(25-17)15(16(21)18-9-14(20)23-4)19-11-5-7-12(22-3)8-6-11/h5-8,13,15,19H,9-10H2,1-4H3,(H,18,21)/t13-,15+/m1/s1. The molecule has 8 heteroatoms. The molecule has 1 saturated heterocycles. The van der Waals surface area contributed by atoms with Gasteiger partial charge in [0.2, 0.25) is 5.91 Å². The SMILES string of the molecule is COC(=O)CNC(=O)[C@@H](Nc1ccc(OC)cc1)[C@H]1COC(C)(C)O1. The lowest BCUT2D eigenvalue weighted by atomic mass is 10.1. The van der Waals surface area contributed by atoms with E-state index in [1.54, 1.807) is 45.2 Å². The molecule has 1 aliphatic rings. The second kappa shape index (κ2) is 8.17. The van der Waals surface area contributed by atoms with Crippen LogP contribution in [0.4, 0.5) is 5.69 Å². The van der Waals surface area contributed by atoms with Crippen molar-refractivity contribution in [2.24, 2.45) is 0 Å². The number of hydrogen-bond donors (Lipinski definition) is 2. The number of anilines is 1. The smallest absolute Gasteiger partial charge is 0.325 e. The molecule has 0 aliphatic carbocycles. The van der Waals surface area contributed by atoms with E-state index in [4.69, 9.17) is 14.2 Å². The Morgan fingerprint density at radius 3 is 2.48 bits per heavy atom. The molecule has 25 heavy (non-hydrogen) atoms. The number of hydrogen-bond acceptors (Lipinski definition) is 7. The first kappa shape index (κ1) is 19.0. The highest BCUT2D eigenvalue weighted by molar-refractivity contribution is 5.88. The third-order valence-corrected chi connectivity index (χ3v) is 3.73.